The number of hydrogen-bond donors (Lipinski definition) is 2. The van der Waals surface area contributed by atoms with Gasteiger partial charge in [-0.3, -0.25) is 9.59 Å². The van der Waals surface area contributed by atoms with Gasteiger partial charge in [0.25, 0.3) is 5.91 Å². The summed E-state index contributed by atoms with van der Waals surface area (Å²) in [7, 11) is 0. The van der Waals surface area contributed by atoms with E-state index in [1.54, 1.807) is 6.92 Å². The molecule has 2 N–H and O–H groups in total. The van der Waals surface area contributed by atoms with Gasteiger partial charge in [0.05, 0.1) is 0 Å². The average Bonchev–Trinajstić information content (AvgIpc) is 3.03. The van der Waals surface area contributed by atoms with Gasteiger partial charge in [-0.2, -0.15) is 0 Å². The number of aromatic amines is 1. The van der Waals surface area contributed by atoms with E-state index in [1.807, 2.05) is 0 Å². The first kappa shape index (κ1) is 17.3. The first-order chi connectivity index (χ1) is 12.3. The predicted octanol–water partition coefficient (Wildman–Crippen LogP) is 2.85. The first-order valence-electron chi connectivity index (χ1n) is 9.56. The molecule has 4 aliphatic rings. The number of ketones is 1. The molecular weight excluding hydrogens is 332 g/mol. The number of carbonyl (C=O) groups is 3. The molecule has 4 saturated carbocycles. The Morgan fingerprint density at radius 2 is 1.73 bits per heavy atom. The number of amides is 1. The normalized spacial score (nSPS) is 32.9. The topological polar surface area (TPSA) is 88.3 Å². The maximum absolute atomic E-state index is 12.7. The van der Waals surface area contributed by atoms with Gasteiger partial charge in [-0.15, -0.1) is 0 Å². The second kappa shape index (κ2) is 6.25. The van der Waals surface area contributed by atoms with Gasteiger partial charge in [0.2, 0.25) is 0 Å². The van der Waals surface area contributed by atoms with Crippen molar-refractivity contribution in [1.82, 2.24) is 10.3 Å². The molecule has 0 spiro atoms. The van der Waals surface area contributed by atoms with Crippen LogP contribution < -0.4 is 5.32 Å². The van der Waals surface area contributed by atoms with E-state index in [4.69, 9.17) is 4.74 Å². The van der Waals surface area contributed by atoms with Gasteiger partial charge >= 0.3 is 5.97 Å². The van der Waals surface area contributed by atoms with Crippen molar-refractivity contribution in [3.05, 3.63) is 23.5 Å². The van der Waals surface area contributed by atoms with Crippen LogP contribution in [0.15, 0.2) is 12.3 Å². The Balaban J connectivity index is 1.37. The van der Waals surface area contributed by atoms with Crippen molar-refractivity contribution in [2.75, 3.05) is 0 Å². The van der Waals surface area contributed by atoms with Crippen LogP contribution in [0, 0.1) is 17.8 Å². The highest BCUT2D eigenvalue weighted by atomic mass is 16.5. The average molecular weight is 358 g/mol. The summed E-state index contributed by atoms with van der Waals surface area (Å²) in [5, 5.41) is 3.22. The molecule has 5 rings (SSSR count). The summed E-state index contributed by atoms with van der Waals surface area (Å²) in [5.74, 6) is 1.24. The fourth-order valence-electron chi connectivity index (χ4n) is 5.62. The maximum atomic E-state index is 12.7. The van der Waals surface area contributed by atoms with Gasteiger partial charge in [0, 0.05) is 17.3 Å². The lowest BCUT2D eigenvalue weighted by Gasteiger charge is -2.57. The molecule has 1 aromatic heterocycles. The quantitative estimate of drug-likeness (QED) is 0.626. The molecular formula is C20H26N2O4. The zero-order valence-corrected chi connectivity index (χ0v) is 15.3. The molecule has 4 bridgehead atoms. The minimum atomic E-state index is -0.861. The fraction of sp³-hybridized carbons (Fsp3) is 0.650. The van der Waals surface area contributed by atoms with Gasteiger partial charge in [0.1, 0.15) is 5.69 Å². The zero-order chi connectivity index (χ0) is 18.5. The third-order valence-corrected chi connectivity index (χ3v) is 6.39. The summed E-state index contributed by atoms with van der Waals surface area (Å²) >= 11 is 0. The Bertz CT molecular complexity index is 715. The minimum Gasteiger partial charge on any atom is -0.448 e. The van der Waals surface area contributed by atoms with E-state index in [0.29, 0.717) is 5.56 Å². The van der Waals surface area contributed by atoms with Gasteiger partial charge in [-0.25, -0.2) is 4.79 Å². The van der Waals surface area contributed by atoms with E-state index in [1.165, 1.54) is 38.4 Å². The fourth-order valence-corrected chi connectivity index (χ4v) is 5.62. The second-order valence-corrected chi connectivity index (χ2v) is 8.59. The van der Waals surface area contributed by atoms with Crippen LogP contribution in [0.3, 0.4) is 0 Å². The number of Topliss-reactive ketones (excluding diaryl/α,β-unsaturated/α-hetero) is 1. The molecule has 1 heterocycles. The Morgan fingerprint density at radius 1 is 1.15 bits per heavy atom. The number of hydrogen-bond acceptors (Lipinski definition) is 4. The van der Waals surface area contributed by atoms with Crippen molar-refractivity contribution in [3.63, 3.8) is 0 Å². The highest BCUT2D eigenvalue weighted by Crippen LogP contribution is 2.55. The van der Waals surface area contributed by atoms with E-state index >= 15 is 0 Å². The monoisotopic (exact) mass is 358 g/mol. The van der Waals surface area contributed by atoms with Crippen molar-refractivity contribution in [2.24, 2.45) is 17.8 Å². The molecule has 140 valence electrons. The predicted molar refractivity (Wildman–Crippen MR) is 94.7 cm³/mol. The van der Waals surface area contributed by atoms with Crippen molar-refractivity contribution < 1.29 is 19.1 Å². The summed E-state index contributed by atoms with van der Waals surface area (Å²) in [6, 6.07) is 1.45. The van der Waals surface area contributed by atoms with Gasteiger partial charge in [-0.1, -0.05) is 0 Å². The van der Waals surface area contributed by atoms with Gasteiger partial charge < -0.3 is 15.0 Å². The SMILES string of the molecule is CC(=O)c1c[nH]c(C(=O)O[C@H](C)C(=O)NC23CC4CC(CC(C4)C2)C3)c1. The molecule has 0 saturated heterocycles. The number of H-pyrrole nitrogens is 1. The molecule has 1 amide bonds. The maximum Gasteiger partial charge on any atom is 0.355 e. The standard InChI is InChI=1S/C20H26N2O4/c1-11(23)16-6-17(21-10-16)19(25)26-12(2)18(24)22-20-7-13-3-14(8-20)5-15(4-13)9-20/h6,10,12-15,21H,3-5,7-9H2,1-2H3,(H,22,24)/t12-,13?,14?,15?,20?/m1/s1. The van der Waals surface area contributed by atoms with Crippen LogP contribution in [0.5, 0.6) is 0 Å². The Labute approximate surface area is 153 Å². The van der Waals surface area contributed by atoms with Crippen molar-refractivity contribution in [3.8, 4) is 0 Å². The number of aromatic nitrogens is 1. The Kier molecular flexibility index (Phi) is 4.16. The lowest BCUT2D eigenvalue weighted by Crippen LogP contribution is -2.61. The van der Waals surface area contributed by atoms with Crippen molar-refractivity contribution >= 4 is 17.7 Å². The lowest BCUT2D eigenvalue weighted by molar-refractivity contribution is -0.134. The molecule has 0 aromatic carbocycles. The van der Waals surface area contributed by atoms with Crippen LogP contribution in [0.1, 0.15) is 73.2 Å². The van der Waals surface area contributed by atoms with E-state index in [2.05, 4.69) is 10.3 Å². The van der Waals surface area contributed by atoms with E-state index in [9.17, 15) is 14.4 Å². The van der Waals surface area contributed by atoms with Crippen LogP contribution in [0.4, 0.5) is 0 Å². The van der Waals surface area contributed by atoms with Crippen molar-refractivity contribution in [2.45, 2.75) is 64.0 Å². The first-order valence-corrected chi connectivity index (χ1v) is 9.56. The summed E-state index contributed by atoms with van der Waals surface area (Å²) in [6.45, 7) is 3.03. The Hall–Kier alpha value is -2.11. The Morgan fingerprint density at radius 3 is 2.23 bits per heavy atom. The summed E-state index contributed by atoms with van der Waals surface area (Å²) in [5.41, 5.74) is 0.507. The lowest BCUT2D eigenvalue weighted by atomic mass is 9.53. The minimum absolute atomic E-state index is 0.0965. The molecule has 0 unspecified atom stereocenters. The molecule has 1 aromatic rings. The third-order valence-electron chi connectivity index (χ3n) is 6.39. The molecule has 6 heteroatoms. The van der Waals surface area contributed by atoms with E-state index < -0.39 is 12.1 Å². The van der Waals surface area contributed by atoms with Crippen LogP contribution in [0.25, 0.3) is 0 Å². The molecule has 26 heavy (non-hydrogen) atoms. The second-order valence-electron chi connectivity index (χ2n) is 8.59. The van der Waals surface area contributed by atoms with Crippen molar-refractivity contribution in [1.29, 1.82) is 0 Å². The number of ether oxygens (including phenoxy) is 1. The molecule has 1 atom stereocenters. The molecule has 0 aliphatic heterocycles. The van der Waals surface area contributed by atoms with Crippen LogP contribution in [-0.2, 0) is 9.53 Å². The largest absolute Gasteiger partial charge is 0.448 e. The number of rotatable bonds is 5. The highest BCUT2D eigenvalue weighted by Gasteiger charge is 2.51. The third kappa shape index (κ3) is 3.17. The molecule has 0 radical (unpaired) electrons. The summed E-state index contributed by atoms with van der Waals surface area (Å²) < 4.78 is 5.31. The zero-order valence-electron chi connectivity index (χ0n) is 15.3. The molecule has 4 fully saturated rings. The van der Waals surface area contributed by atoms with E-state index in [0.717, 1.165) is 37.0 Å². The summed E-state index contributed by atoms with van der Waals surface area (Å²) in [6.07, 6.45) is 7.72. The molecule has 4 aliphatic carbocycles. The van der Waals surface area contributed by atoms with Crippen LogP contribution in [0.2, 0.25) is 0 Å². The van der Waals surface area contributed by atoms with E-state index in [-0.39, 0.29) is 22.9 Å². The number of esters is 1. The van der Waals surface area contributed by atoms with Crippen LogP contribution >= 0.6 is 0 Å². The molecule has 6 nitrogen and oxygen atoms in total. The smallest absolute Gasteiger partial charge is 0.355 e. The number of nitrogens with one attached hydrogen (secondary N) is 2. The van der Waals surface area contributed by atoms with Gasteiger partial charge in [0.15, 0.2) is 11.9 Å². The number of carbonyl (C=O) groups excluding carboxylic acids is 3. The summed E-state index contributed by atoms with van der Waals surface area (Å²) in [4.78, 5) is 38.9. The van der Waals surface area contributed by atoms with Crippen LogP contribution in [-0.4, -0.2) is 34.3 Å². The highest BCUT2D eigenvalue weighted by molar-refractivity contribution is 5.98. The van der Waals surface area contributed by atoms with Gasteiger partial charge in [-0.05, 0) is 76.2 Å².